The predicted molar refractivity (Wildman–Crippen MR) is 105 cm³/mol. The summed E-state index contributed by atoms with van der Waals surface area (Å²) >= 11 is 0. The van der Waals surface area contributed by atoms with E-state index in [9.17, 15) is 19.1 Å². The summed E-state index contributed by atoms with van der Waals surface area (Å²) in [5.74, 6) is -2.85. The van der Waals surface area contributed by atoms with Gasteiger partial charge < -0.3 is 10.0 Å². The van der Waals surface area contributed by atoms with Gasteiger partial charge >= 0.3 is 5.97 Å². The van der Waals surface area contributed by atoms with Gasteiger partial charge in [-0.05, 0) is 42.3 Å². The summed E-state index contributed by atoms with van der Waals surface area (Å²) in [7, 11) is 0. The smallest absolute Gasteiger partial charge is 0.313 e. The largest absolute Gasteiger partial charge is 0.481 e. The third kappa shape index (κ3) is 2.97. The molecule has 5 nitrogen and oxygen atoms in total. The molecule has 2 heterocycles. The van der Waals surface area contributed by atoms with Gasteiger partial charge in [0, 0.05) is 30.1 Å². The maximum absolute atomic E-state index is 14.4. The average Bonchev–Trinajstić information content (AvgIpc) is 2.73. The van der Waals surface area contributed by atoms with Crippen LogP contribution in [0.1, 0.15) is 39.9 Å². The molecule has 0 saturated carbocycles. The number of hydrogen-bond donors (Lipinski definition) is 1. The van der Waals surface area contributed by atoms with E-state index in [1.807, 2.05) is 0 Å². The van der Waals surface area contributed by atoms with Crippen molar-refractivity contribution in [2.45, 2.75) is 24.9 Å². The third-order valence-electron chi connectivity index (χ3n) is 5.67. The molecule has 0 fully saturated rings. The first kappa shape index (κ1) is 18.8. The number of aromatic nitrogens is 1. The number of aliphatic carboxylic acids is 1. The van der Waals surface area contributed by atoms with E-state index in [-0.39, 0.29) is 12.5 Å². The van der Waals surface area contributed by atoms with Crippen LogP contribution in [0, 0.1) is 5.82 Å². The van der Waals surface area contributed by atoms with Crippen LogP contribution in [0.25, 0.3) is 0 Å². The van der Waals surface area contributed by atoms with Crippen LogP contribution in [-0.4, -0.2) is 26.9 Å². The molecule has 0 aliphatic carbocycles. The molecule has 1 amide bonds. The van der Waals surface area contributed by atoms with E-state index < -0.39 is 23.2 Å². The van der Waals surface area contributed by atoms with Crippen LogP contribution >= 0.6 is 0 Å². The van der Waals surface area contributed by atoms with Crippen molar-refractivity contribution in [3.8, 4) is 0 Å². The number of carboxylic acid groups (broad SMARTS) is 1. The van der Waals surface area contributed by atoms with Gasteiger partial charge in [-0.3, -0.25) is 14.6 Å². The lowest BCUT2D eigenvalue weighted by Gasteiger charge is -2.49. The molecule has 2 unspecified atom stereocenters. The van der Waals surface area contributed by atoms with E-state index in [2.05, 4.69) is 4.98 Å². The van der Waals surface area contributed by atoms with Crippen molar-refractivity contribution in [3.05, 3.63) is 101 Å². The summed E-state index contributed by atoms with van der Waals surface area (Å²) in [5, 5.41) is 10.2. The van der Waals surface area contributed by atoms with Crippen molar-refractivity contribution in [3.63, 3.8) is 0 Å². The highest BCUT2D eigenvalue weighted by molar-refractivity contribution is 6.01. The number of halogens is 1. The van der Waals surface area contributed by atoms with Crippen LogP contribution in [0.2, 0.25) is 0 Å². The molecule has 0 spiro atoms. The van der Waals surface area contributed by atoms with Crippen molar-refractivity contribution in [1.82, 2.24) is 9.88 Å². The van der Waals surface area contributed by atoms with Gasteiger partial charge in [0.2, 0.25) is 0 Å². The number of carbonyl (C=O) groups is 2. The number of pyridine rings is 1. The predicted octanol–water partition coefficient (Wildman–Crippen LogP) is 3.96. The summed E-state index contributed by atoms with van der Waals surface area (Å²) in [6, 6.07) is 16.3. The molecule has 146 valence electrons. The molecule has 0 bridgehead atoms. The Morgan fingerprint density at radius 2 is 1.76 bits per heavy atom. The number of nitrogens with zero attached hydrogens (tertiary/aromatic N) is 2. The molecule has 1 N–H and O–H groups in total. The van der Waals surface area contributed by atoms with Crippen molar-refractivity contribution in [2.75, 3.05) is 0 Å². The number of benzene rings is 2. The van der Waals surface area contributed by atoms with Crippen LogP contribution in [0.4, 0.5) is 4.39 Å². The fourth-order valence-electron chi connectivity index (χ4n) is 4.18. The van der Waals surface area contributed by atoms with Crippen LogP contribution in [0.5, 0.6) is 0 Å². The molecular formula is C23H19FN2O3. The zero-order valence-electron chi connectivity index (χ0n) is 15.7. The van der Waals surface area contributed by atoms with Crippen molar-refractivity contribution in [2.24, 2.45) is 0 Å². The number of carboxylic acids is 1. The second-order valence-electron chi connectivity index (χ2n) is 7.22. The fourth-order valence-corrected chi connectivity index (χ4v) is 4.18. The van der Waals surface area contributed by atoms with Crippen molar-refractivity contribution in [1.29, 1.82) is 0 Å². The number of hydrogen-bond acceptors (Lipinski definition) is 3. The van der Waals surface area contributed by atoms with Crippen LogP contribution < -0.4 is 0 Å². The first-order valence-corrected chi connectivity index (χ1v) is 9.22. The maximum atomic E-state index is 14.4. The molecule has 4 rings (SSSR count). The Kier molecular flexibility index (Phi) is 4.62. The Morgan fingerprint density at radius 1 is 1.10 bits per heavy atom. The zero-order chi connectivity index (χ0) is 20.6. The van der Waals surface area contributed by atoms with E-state index >= 15 is 0 Å². The van der Waals surface area contributed by atoms with Gasteiger partial charge in [-0.2, -0.15) is 0 Å². The van der Waals surface area contributed by atoms with Gasteiger partial charge in [-0.15, -0.1) is 0 Å². The number of amides is 1. The second-order valence-corrected chi connectivity index (χ2v) is 7.22. The van der Waals surface area contributed by atoms with E-state index in [1.165, 1.54) is 11.0 Å². The molecule has 3 aromatic rings. The molecule has 29 heavy (non-hydrogen) atoms. The Bertz CT molecular complexity index is 1090. The molecule has 6 heteroatoms. The van der Waals surface area contributed by atoms with Crippen molar-refractivity contribution >= 4 is 11.9 Å². The van der Waals surface area contributed by atoms with Gasteiger partial charge in [0.25, 0.3) is 5.91 Å². The minimum absolute atomic E-state index is 0.0531. The Morgan fingerprint density at radius 3 is 2.45 bits per heavy atom. The molecule has 0 radical (unpaired) electrons. The highest BCUT2D eigenvalue weighted by Crippen LogP contribution is 2.48. The monoisotopic (exact) mass is 390 g/mol. The van der Waals surface area contributed by atoms with E-state index in [1.54, 1.807) is 73.9 Å². The Balaban J connectivity index is 1.97. The Hall–Kier alpha value is -3.54. The van der Waals surface area contributed by atoms with Crippen LogP contribution in [0.15, 0.2) is 73.1 Å². The van der Waals surface area contributed by atoms with Gasteiger partial charge in [-0.1, -0.05) is 36.4 Å². The zero-order valence-corrected chi connectivity index (χ0v) is 15.7. The van der Waals surface area contributed by atoms with Gasteiger partial charge in [0.05, 0.1) is 5.54 Å². The van der Waals surface area contributed by atoms with Gasteiger partial charge in [-0.25, -0.2) is 4.39 Å². The lowest BCUT2D eigenvalue weighted by atomic mass is 9.70. The van der Waals surface area contributed by atoms with Crippen LogP contribution in [-0.2, 0) is 16.9 Å². The summed E-state index contributed by atoms with van der Waals surface area (Å²) in [6.07, 6.45) is 3.12. The van der Waals surface area contributed by atoms with Gasteiger partial charge in [0.1, 0.15) is 11.7 Å². The topological polar surface area (TPSA) is 70.5 Å². The number of fused-ring (bicyclic) bond motifs is 1. The fraction of sp³-hybridized carbons (Fsp3) is 0.174. The van der Waals surface area contributed by atoms with E-state index in [0.29, 0.717) is 22.3 Å². The maximum Gasteiger partial charge on any atom is 0.313 e. The second kappa shape index (κ2) is 7.13. The number of rotatable bonds is 4. The van der Waals surface area contributed by atoms with Crippen LogP contribution in [0.3, 0.4) is 0 Å². The summed E-state index contributed by atoms with van der Waals surface area (Å²) in [6.45, 7) is 1.66. The molecule has 1 aliphatic rings. The highest BCUT2D eigenvalue weighted by atomic mass is 19.1. The lowest BCUT2D eigenvalue weighted by molar-refractivity contribution is -0.143. The van der Waals surface area contributed by atoms with E-state index in [0.717, 1.165) is 0 Å². The Labute approximate surface area is 167 Å². The normalized spacial score (nSPS) is 21.0. The molecular weight excluding hydrogens is 371 g/mol. The highest BCUT2D eigenvalue weighted by Gasteiger charge is 2.53. The quantitative estimate of drug-likeness (QED) is 0.732. The first-order chi connectivity index (χ1) is 13.9. The SMILES string of the molecule is CC1(c2ccncc2)C(C(=O)O)c2ccccc2C(=O)N1Cc1ccccc1F. The number of carbonyl (C=O) groups excluding carboxylic acids is 1. The van der Waals surface area contributed by atoms with Gasteiger partial charge in [0.15, 0.2) is 0 Å². The molecule has 2 aromatic carbocycles. The molecule has 1 aromatic heterocycles. The first-order valence-electron chi connectivity index (χ1n) is 9.22. The molecule has 0 saturated heterocycles. The molecule has 2 atom stereocenters. The lowest BCUT2D eigenvalue weighted by Crippen LogP contribution is -2.56. The standard InChI is InChI=1S/C23H19FN2O3/c1-23(16-10-12-25-13-11-16)20(22(28)29)17-7-3-4-8-18(17)21(27)26(23)14-15-6-2-5-9-19(15)24/h2-13,20H,14H2,1H3,(H,28,29). The summed E-state index contributed by atoms with van der Waals surface area (Å²) in [5.41, 5.74) is 0.489. The average molecular weight is 390 g/mol. The van der Waals surface area contributed by atoms with Crippen molar-refractivity contribution < 1.29 is 19.1 Å². The minimum atomic E-state index is -1.23. The van der Waals surface area contributed by atoms with E-state index in [4.69, 9.17) is 0 Å². The minimum Gasteiger partial charge on any atom is -0.481 e. The summed E-state index contributed by atoms with van der Waals surface area (Å²) in [4.78, 5) is 31.4. The summed E-state index contributed by atoms with van der Waals surface area (Å²) < 4.78 is 14.4. The molecule has 1 aliphatic heterocycles. The third-order valence-corrected chi connectivity index (χ3v) is 5.67.